The van der Waals surface area contributed by atoms with Crippen molar-refractivity contribution in [1.29, 1.82) is 0 Å². The molecule has 0 saturated heterocycles. The van der Waals surface area contributed by atoms with Gasteiger partial charge in [0.2, 0.25) is 0 Å². The van der Waals surface area contributed by atoms with Crippen LogP contribution in [0.3, 0.4) is 0 Å². The molecule has 19 heavy (non-hydrogen) atoms. The SMILES string of the molecule is CNC(c1cc(C)cc(F)c1)c1ccc(F)cc1Cl. The Kier molecular flexibility index (Phi) is 4.17. The summed E-state index contributed by atoms with van der Waals surface area (Å²) in [5.74, 6) is -0.687. The highest BCUT2D eigenvalue weighted by atomic mass is 35.5. The molecule has 0 spiro atoms. The van der Waals surface area contributed by atoms with Crippen molar-refractivity contribution in [2.75, 3.05) is 7.05 Å². The van der Waals surface area contributed by atoms with Gasteiger partial charge >= 0.3 is 0 Å². The molecule has 1 unspecified atom stereocenters. The summed E-state index contributed by atoms with van der Waals surface area (Å²) in [6.45, 7) is 1.82. The Morgan fingerprint density at radius 2 is 1.79 bits per heavy atom. The maximum absolute atomic E-state index is 13.5. The van der Waals surface area contributed by atoms with Gasteiger partial charge in [-0.2, -0.15) is 0 Å². The molecule has 0 radical (unpaired) electrons. The second-order valence-corrected chi connectivity index (χ2v) is 4.86. The predicted molar refractivity (Wildman–Crippen MR) is 73.4 cm³/mol. The first-order valence-corrected chi connectivity index (χ1v) is 6.28. The van der Waals surface area contributed by atoms with Crippen LogP contribution in [0.2, 0.25) is 5.02 Å². The van der Waals surface area contributed by atoms with Crippen LogP contribution >= 0.6 is 11.6 Å². The lowest BCUT2D eigenvalue weighted by Gasteiger charge is -2.19. The fourth-order valence-corrected chi connectivity index (χ4v) is 2.44. The van der Waals surface area contributed by atoms with Gasteiger partial charge in [-0.05, 0) is 54.9 Å². The summed E-state index contributed by atoms with van der Waals surface area (Å²) in [6, 6.07) is 8.73. The maximum Gasteiger partial charge on any atom is 0.124 e. The molecule has 0 aliphatic carbocycles. The van der Waals surface area contributed by atoms with Crippen LogP contribution in [0.25, 0.3) is 0 Å². The highest BCUT2D eigenvalue weighted by Crippen LogP contribution is 2.29. The summed E-state index contributed by atoms with van der Waals surface area (Å²) in [7, 11) is 1.75. The van der Waals surface area contributed by atoms with Crippen molar-refractivity contribution in [2.24, 2.45) is 0 Å². The third-order valence-corrected chi connectivity index (χ3v) is 3.29. The van der Waals surface area contributed by atoms with Crippen LogP contribution in [0.1, 0.15) is 22.7 Å². The van der Waals surface area contributed by atoms with E-state index < -0.39 is 0 Å². The van der Waals surface area contributed by atoms with Gasteiger partial charge in [-0.15, -0.1) is 0 Å². The summed E-state index contributed by atoms with van der Waals surface area (Å²) < 4.78 is 26.6. The van der Waals surface area contributed by atoms with Crippen LogP contribution in [0.15, 0.2) is 36.4 Å². The number of nitrogens with one attached hydrogen (secondary N) is 1. The molecular formula is C15H14ClF2N. The molecule has 1 N–H and O–H groups in total. The largest absolute Gasteiger partial charge is 0.309 e. The predicted octanol–water partition coefficient (Wildman–Crippen LogP) is 4.24. The van der Waals surface area contributed by atoms with Crippen molar-refractivity contribution in [3.05, 3.63) is 69.7 Å². The van der Waals surface area contributed by atoms with Crippen molar-refractivity contribution in [3.8, 4) is 0 Å². The highest BCUT2D eigenvalue weighted by Gasteiger charge is 2.16. The smallest absolute Gasteiger partial charge is 0.124 e. The van der Waals surface area contributed by atoms with Crippen molar-refractivity contribution < 1.29 is 8.78 Å². The minimum absolute atomic E-state index is 0.275. The molecule has 1 atom stereocenters. The van der Waals surface area contributed by atoms with E-state index in [2.05, 4.69) is 5.32 Å². The molecule has 0 aliphatic heterocycles. The topological polar surface area (TPSA) is 12.0 Å². The van der Waals surface area contributed by atoms with Crippen molar-refractivity contribution >= 4 is 11.6 Å². The molecule has 0 saturated carbocycles. The average molecular weight is 282 g/mol. The lowest BCUT2D eigenvalue weighted by Crippen LogP contribution is -2.18. The maximum atomic E-state index is 13.5. The van der Waals surface area contributed by atoms with E-state index >= 15 is 0 Å². The fourth-order valence-electron chi connectivity index (χ4n) is 2.17. The minimum atomic E-state index is -0.390. The van der Waals surface area contributed by atoms with Crippen LogP contribution in [-0.4, -0.2) is 7.05 Å². The summed E-state index contributed by atoms with van der Waals surface area (Å²) in [5.41, 5.74) is 2.30. The van der Waals surface area contributed by atoms with Gasteiger partial charge in [0.15, 0.2) is 0 Å². The third-order valence-electron chi connectivity index (χ3n) is 2.96. The van der Waals surface area contributed by atoms with Crippen molar-refractivity contribution in [3.63, 3.8) is 0 Å². The van der Waals surface area contributed by atoms with E-state index in [9.17, 15) is 8.78 Å². The summed E-state index contributed by atoms with van der Waals surface area (Å²) in [6.07, 6.45) is 0. The zero-order valence-corrected chi connectivity index (χ0v) is 11.4. The number of rotatable bonds is 3. The van der Waals surface area contributed by atoms with E-state index in [1.54, 1.807) is 13.1 Å². The van der Waals surface area contributed by atoms with Gasteiger partial charge < -0.3 is 5.32 Å². The Hall–Kier alpha value is -1.45. The number of hydrogen-bond donors (Lipinski definition) is 1. The van der Waals surface area contributed by atoms with Crippen LogP contribution < -0.4 is 5.32 Å². The zero-order chi connectivity index (χ0) is 14.0. The number of aryl methyl sites for hydroxylation is 1. The van der Waals surface area contributed by atoms with E-state index in [-0.39, 0.29) is 17.7 Å². The quantitative estimate of drug-likeness (QED) is 0.887. The molecule has 2 aromatic carbocycles. The van der Waals surface area contributed by atoms with E-state index in [4.69, 9.17) is 11.6 Å². The second kappa shape index (κ2) is 5.68. The molecule has 0 heterocycles. The lowest BCUT2D eigenvalue weighted by molar-refractivity contribution is 0.612. The molecule has 4 heteroatoms. The van der Waals surface area contributed by atoms with Crippen LogP contribution in [0.4, 0.5) is 8.78 Å². The summed E-state index contributed by atoms with van der Waals surface area (Å²) in [4.78, 5) is 0. The van der Waals surface area contributed by atoms with Gasteiger partial charge in [0, 0.05) is 5.02 Å². The van der Waals surface area contributed by atoms with Crippen LogP contribution in [-0.2, 0) is 0 Å². The van der Waals surface area contributed by atoms with Gasteiger partial charge in [-0.3, -0.25) is 0 Å². The van der Waals surface area contributed by atoms with Gasteiger partial charge in [0.1, 0.15) is 11.6 Å². The van der Waals surface area contributed by atoms with Gasteiger partial charge in [-0.25, -0.2) is 8.78 Å². The van der Waals surface area contributed by atoms with Gasteiger partial charge in [0.05, 0.1) is 6.04 Å². The first-order valence-electron chi connectivity index (χ1n) is 5.90. The van der Waals surface area contributed by atoms with Crippen LogP contribution in [0, 0.1) is 18.6 Å². The number of hydrogen-bond acceptors (Lipinski definition) is 1. The Morgan fingerprint density at radius 3 is 2.37 bits per heavy atom. The molecule has 2 aromatic rings. The van der Waals surface area contributed by atoms with Gasteiger partial charge in [0.25, 0.3) is 0 Å². The van der Waals surface area contributed by atoms with E-state index in [0.29, 0.717) is 5.02 Å². The normalized spacial score (nSPS) is 12.5. The fraction of sp³-hybridized carbons (Fsp3) is 0.200. The number of benzene rings is 2. The number of halogens is 3. The van der Waals surface area contributed by atoms with Crippen molar-refractivity contribution in [2.45, 2.75) is 13.0 Å². The molecule has 100 valence electrons. The first-order chi connectivity index (χ1) is 9.01. The second-order valence-electron chi connectivity index (χ2n) is 4.45. The highest BCUT2D eigenvalue weighted by molar-refractivity contribution is 6.31. The molecule has 0 bridgehead atoms. The minimum Gasteiger partial charge on any atom is -0.309 e. The van der Waals surface area contributed by atoms with Gasteiger partial charge in [-0.1, -0.05) is 23.7 Å². The summed E-state index contributed by atoms with van der Waals surface area (Å²) in [5, 5.41) is 3.40. The van der Waals surface area contributed by atoms with Crippen molar-refractivity contribution in [1.82, 2.24) is 5.32 Å². The zero-order valence-electron chi connectivity index (χ0n) is 10.7. The average Bonchev–Trinajstić information content (AvgIpc) is 2.31. The van der Waals surface area contributed by atoms with Crippen LogP contribution in [0.5, 0.6) is 0 Å². The Bertz CT molecular complexity index is 578. The summed E-state index contributed by atoms with van der Waals surface area (Å²) >= 11 is 6.06. The molecule has 0 fully saturated rings. The molecule has 2 rings (SSSR count). The molecule has 0 aliphatic rings. The Labute approximate surface area is 116 Å². The monoisotopic (exact) mass is 281 g/mol. The molecular weight excluding hydrogens is 268 g/mol. The first kappa shape index (κ1) is 14.0. The standard InChI is InChI=1S/C15H14ClF2N/c1-9-5-10(7-12(18)6-9)15(19-2)13-4-3-11(17)8-14(13)16/h3-8,15,19H,1-2H3. The Morgan fingerprint density at radius 1 is 1.05 bits per heavy atom. The lowest BCUT2D eigenvalue weighted by atomic mass is 9.97. The molecule has 0 aromatic heterocycles. The Balaban J connectivity index is 2.49. The third kappa shape index (κ3) is 3.11. The van der Waals surface area contributed by atoms with E-state index in [1.807, 2.05) is 13.0 Å². The van der Waals surface area contributed by atoms with E-state index in [0.717, 1.165) is 16.7 Å². The molecule has 0 amide bonds. The molecule has 1 nitrogen and oxygen atoms in total. The van der Waals surface area contributed by atoms with E-state index in [1.165, 1.54) is 24.3 Å².